The van der Waals surface area contributed by atoms with Crippen molar-refractivity contribution < 1.29 is 28.8 Å². The number of nitrogens with zero attached hydrogens (tertiary/aromatic N) is 3. The lowest BCUT2D eigenvalue weighted by Gasteiger charge is -2.43. The molecule has 37 heavy (non-hydrogen) atoms. The number of aliphatic hydroxyl groups is 1. The predicted octanol–water partition coefficient (Wildman–Crippen LogP) is 4.72. The fraction of sp³-hybridized carbons (Fsp3) is 0.519. The minimum atomic E-state index is -0.879. The summed E-state index contributed by atoms with van der Waals surface area (Å²) in [6.07, 6.45) is 3.66. The molecule has 1 amide bonds. The number of methoxy groups -OCH3 is 3. The van der Waals surface area contributed by atoms with Crippen LogP contribution in [0, 0.1) is 5.41 Å². The van der Waals surface area contributed by atoms with Crippen molar-refractivity contribution in [1.29, 1.82) is 0 Å². The highest BCUT2D eigenvalue weighted by Gasteiger charge is 2.42. The van der Waals surface area contributed by atoms with Crippen molar-refractivity contribution in [2.45, 2.75) is 52.2 Å². The number of amides is 1. The van der Waals surface area contributed by atoms with Crippen LogP contribution in [-0.4, -0.2) is 71.1 Å². The molecule has 200 valence electrons. The minimum Gasteiger partial charge on any atom is -0.493 e. The van der Waals surface area contributed by atoms with E-state index in [1.54, 1.807) is 50.8 Å². The summed E-state index contributed by atoms with van der Waals surface area (Å²) in [6, 6.07) is 3.61. The van der Waals surface area contributed by atoms with Gasteiger partial charge in [0.2, 0.25) is 5.75 Å². The van der Waals surface area contributed by atoms with E-state index >= 15 is 0 Å². The van der Waals surface area contributed by atoms with Crippen molar-refractivity contribution >= 4 is 17.3 Å². The second-order valence-corrected chi connectivity index (χ2v) is 10.7. The van der Waals surface area contributed by atoms with E-state index < -0.39 is 17.1 Å². The normalized spacial score (nSPS) is 19.0. The van der Waals surface area contributed by atoms with Gasteiger partial charge in [0.15, 0.2) is 17.1 Å². The lowest BCUT2D eigenvalue weighted by Crippen LogP contribution is -2.48. The first-order valence-electron chi connectivity index (χ1n) is 12.3. The fourth-order valence-electron chi connectivity index (χ4n) is 4.84. The molecule has 10 heteroatoms. The SMILES string of the molecule is COc1cc(-c2cnc3[nH]cc(C(O)C4(C)CCCN(C(=O)OC(C)(C)C)C4)c3n2)cc(OC)c1OC. The first-order valence-corrected chi connectivity index (χ1v) is 12.3. The fourth-order valence-corrected chi connectivity index (χ4v) is 4.84. The van der Waals surface area contributed by atoms with Crippen molar-refractivity contribution in [1.82, 2.24) is 19.9 Å². The average Bonchev–Trinajstić information content (AvgIpc) is 3.29. The van der Waals surface area contributed by atoms with E-state index in [4.69, 9.17) is 23.9 Å². The number of rotatable bonds is 6. The van der Waals surface area contributed by atoms with Gasteiger partial charge in [-0.25, -0.2) is 14.8 Å². The summed E-state index contributed by atoms with van der Waals surface area (Å²) in [7, 11) is 4.67. The number of aliphatic hydroxyl groups excluding tert-OH is 1. The zero-order valence-corrected chi connectivity index (χ0v) is 22.5. The van der Waals surface area contributed by atoms with Gasteiger partial charge in [0.25, 0.3) is 0 Å². The minimum absolute atomic E-state index is 0.367. The second kappa shape index (κ2) is 10.1. The molecule has 3 heterocycles. The van der Waals surface area contributed by atoms with Gasteiger partial charge >= 0.3 is 6.09 Å². The smallest absolute Gasteiger partial charge is 0.410 e. The molecule has 1 fully saturated rings. The molecule has 0 radical (unpaired) electrons. The van der Waals surface area contributed by atoms with Crippen LogP contribution in [0.5, 0.6) is 17.2 Å². The maximum absolute atomic E-state index is 12.7. The molecule has 1 aliphatic heterocycles. The Morgan fingerprint density at radius 3 is 2.43 bits per heavy atom. The van der Waals surface area contributed by atoms with Gasteiger partial charge in [0.05, 0.1) is 39.3 Å². The zero-order valence-electron chi connectivity index (χ0n) is 22.5. The number of aromatic nitrogens is 3. The molecule has 0 saturated carbocycles. The van der Waals surface area contributed by atoms with Crippen LogP contribution < -0.4 is 14.2 Å². The van der Waals surface area contributed by atoms with Crippen LogP contribution in [0.15, 0.2) is 24.5 Å². The Kier molecular flexibility index (Phi) is 7.23. The van der Waals surface area contributed by atoms with E-state index in [1.165, 1.54) is 0 Å². The molecule has 10 nitrogen and oxygen atoms in total. The number of H-pyrrole nitrogens is 1. The first-order chi connectivity index (χ1) is 17.5. The number of carbonyl (C=O) groups is 1. The summed E-state index contributed by atoms with van der Waals surface area (Å²) in [4.78, 5) is 26.9. The molecular formula is C27H36N4O6. The lowest BCUT2D eigenvalue weighted by atomic mass is 9.75. The maximum Gasteiger partial charge on any atom is 0.410 e. The van der Waals surface area contributed by atoms with E-state index in [1.807, 2.05) is 27.7 Å². The Morgan fingerprint density at radius 1 is 1.16 bits per heavy atom. The third-order valence-electron chi connectivity index (χ3n) is 6.71. The van der Waals surface area contributed by atoms with Gasteiger partial charge in [-0.15, -0.1) is 0 Å². The molecule has 2 atom stereocenters. The number of hydrogen-bond donors (Lipinski definition) is 2. The number of aromatic amines is 1. The van der Waals surface area contributed by atoms with E-state index in [0.717, 1.165) is 18.4 Å². The van der Waals surface area contributed by atoms with Crippen LogP contribution >= 0.6 is 0 Å². The van der Waals surface area contributed by atoms with Gasteiger partial charge in [-0.2, -0.15) is 0 Å². The highest BCUT2D eigenvalue weighted by atomic mass is 16.6. The molecule has 0 bridgehead atoms. The van der Waals surface area contributed by atoms with E-state index in [-0.39, 0.29) is 6.09 Å². The number of carbonyl (C=O) groups excluding carboxylic acids is 1. The van der Waals surface area contributed by atoms with Gasteiger partial charge < -0.3 is 33.9 Å². The Morgan fingerprint density at radius 2 is 1.84 bits per heavy atom. The van der Waals surface area contributed by atoms with Crippen LogP contribution in [0.3, 0.4) is 0 Å². The van der Waals surface area contributed by atoms with E-state index in [9.17, 15) is 9.90 Å². The largest absolute Gasteiger partial charge is 0.493 e. The summed E-state index contributed by atoms with van der Waals surface area (Å²) in [5.74, 6) is 1.50. The number of benzene rings is 1. The number of fused-ring (bicyclic) bond motifs is 1. The molecule has 2 unspecified atom stereocenters. The Balaban J connectivity index is 1.68. The molecule has 2 aromatic heterocycles. The van der Waals surface area contributed by atoms with Crippen molar-refractivity contribution in [2.24, 2.45) is 5.41 Å². The molecule has 2 N–H and O–H groups in total. The number of likely N-dealkylation sites (tertiary alicyclic amines) is 1. The first kappa shape index (κ1) is 26.5. The number of ether oxygens (including phenoxy) is 4. The monoisotopic (exact) mass is 512 g/mol. The average molecular weight is 513 g/mol. The summed E-state index contributed by atoms with van der Waals surface area (Å²) in [6.45, 7) is 8.49. The van der Waals surface area contributed by atoms with Crippen molar-refractivity contribution in [3.63, 3.8) is 0 Å². The molecule has 0 aliphatic carbocycles. The Bertz CT molecular complexity index is 1260. The quantitative estimate of drug-likeness (QED) is 0.487. The van der Waals surface area contributed by atoms with Crippen molar-refractivity contribution in [3.05, 3.63) is 30.1 Å². The molecule has 4 rings (SSSR count). The molecule has 3 aromatic rings. The van der Waals surface area contributed by atoms with E-state index in [0.29, 0.717) is 52.8 Å². The number of nitrogens with one attached hydrogen (secondary N) is 1. The molecule has 1 aliphatic rings. The van der Waals surface area contributed by atoms with Crippen molar-refractivity contribution in [2.75, 3.05) is 34.4 Å². The summed E-state index contributed by atoms with van der Waals surface area (Å²) in [5.41, 5.74) is 1.90. The molecule has 1 aromatic carbocycles. The van der Waals surface area contributed by atoms with Gasteiger partial charge in [-0.3, -0.25) is 0 Å². The van der Waals surface area contributed by atoms with Gasteiger partial charge in [0, 0.05) is 35.8 Å². The van der Waals surface area contributed by atoms with Crippen LogP contribution in [-0.2, 0) is 4.74 Å². The second-order valence-electron chi connectivity index (χ2n) is 10.7. The highest BCUT2D eigenvalue weighted by Crippen LogP contribution is 2.44. The standard InChI is InChI=1S/C27H36N4O6/c1-26(2,3)37-25(33)31-10-8-9-27(4,15-31)23(32)17-13-28-24-21(17)30-18(14-29-24)16-11-19(34-5)22(36-7)20(12-16)35-6/h11-14,23,32H,8-10,15H2,1-7H3,(H,28,29). The van der Waals surface area contributed by atoms with Crippen LogP contribution in [0.25, 0.3) is 22.4 Å². The topological polar surface area (TPSA) is 119 Å². The Labute approximate surface area is 216 Å². The zero-order chi connectivity index (χ0) is 27.0. The third kappa shape index (κ3) is 5.29. The highest BCUT2D eigenvalue weighted by molar-refractivity contribution is 5.79. The van der Waals surface area contributed by atoms with Gasteiger partial charge in [-0.1, -0.05) is 6.92 Å². The van der Waals surface area contributed by atoms with Crippen LogP contribution in [0.2, 0.25) is 0 Å². The van der Waals surface area contributed by atoms with E-state index in [2.05, 4.69) is 9.97 Å². The summed E-state index contributed by atoms with van der Waals surface area (Å²) >= 11 is 0. The van der Waals surface area contributed by atoms with Crippen LogP contribution in [0.4, 0.5) is 4.79 Å². The molecule has 0 spiro atoms. The van der Waals surface area contributed by atoms with Crippen molar-refractivity contribution in [3.8, 4) is 28.5 Å². The maximum atomic E-state index is 12.7. The number of hydrogen-bond acceptors (Lipinski definition) is 8. The van der Waals surface area contributed by atoms with Crippen LogP contribution in [0.1, 0.15) is 52.2 Å². The van der Waals surface area contributed by atoms with Gasteiger partial charge in [0.1, 0.15) is 11.1 Å². The molecular weight excluding hydrogens is 476 g/mol. The summed E-state index contributed by atoms with van der Waals surface area (Å²) in [5, 5.41) is 11.6. The summed E-state index contributed by atoms with van der Waals surface area (Å²) < 4.78 is 22.0. The number of piperidine rings is 1. The van der Waals surface area contributed by atoms with Gasteiger partial charge in [-0.05, 0) is 45.7 Å². The molecule has 1 saturated heterocycles. The predicted molar refractivity (Wildman–Crippen MR) is 139 cm³/mol. The third-order valence-corrected chi connectivity index (χ3v) is 6.71. The lowest BCUT2D eigenvalue weighted by molar-refractivity contribution is -0.0342. The Hall–Kier alpha value is -3.53.